The first-order valence-electron chi connectivity index (χ1n) is 8.19. The minimum Gasteiger partial charge on any atom is -0.437 e. The Hall–Kier alpha value is 0.924. The van der Waals surface area contributed by atoms with E-state index in [4.69, 9.17) is 16.5 Å². The van der Waals surface area contributed by atoms with E-state index in [1.54, 1.807) is 0 Å². The fourth-order valence-electron chi connectivity index (χ4n) is 2.72. The molecular weight excluding hydrogens is 361 g/mol. The fraction of sp³-hybridized carbons (Fsp3) is 1.00. The quantitative estimate of drug-likeness (QED) is 0.499. The number of rotatable bonds is 9. The van der Waals surface area contributed by atoms with E-state index in [1.165, 1.54) is 0 Å². The van der Waals surface area contributed by atoms with E-state index in [0.717, 1.165) is 6.04 Å². The van der Waals surface area contributed by atoms with Crippen molar-refractivity contribution in [3.8, 4) is 0 Å². The molecule has 0 unspecified atom stereocenters. The van der Waals surface area contributed by atoms with Gasteiger partial charge in [0.05, 0.1) is 0 Å². The first-order valence-corrected chi connectivity index (χ1v) is 23.2. The van der Waals surface area contributed by atoms with E-state index in [1.807, 2.05) is 0 Å². The summed E-state index contributed by atoms with van der Waals surface area (Å²) < 4.78 is 25.6. The number of hydrogen-bond acceptors (Lipinski definition) is 4. The molecule has 0 heterocycles. The third-order valence-electron chi connectivity index (χ3n) is 2.91. The molecule has 134 valence electrons. The predicted molar refractivity (Wildman–Crippen MR) is 108 cm³/mol. The van der Waals surface area contributed by atoms with Crippen LogP contribution >= 0.6 is 0 Å². The lowest BCUT2D eigenvalue weighted by atomic mass is 11.0. The summed E-state index contributed by atoms with van der Waals surface area (Å²) >= 11 is 0. The van der Waals surface area contributed by atoms with Crippen LogP contribution in [0.3, 0.4) is 0 Å². The lowest BCUT2D eigenvalue weighted by molar-refractivity contribution is 0.299. The molecule has 0 aliphatic rings. The van der Waals surface area contributed by atoms with Gasteiger partial charge in [0, 0.05) is 0 Å². The van der Waals surface area contributed by atoms with Gasteiger partial charge in [-0.1, -0.05) is 6.92 Å². The van der Waals surface area contributed by atoms with Crippen LogP contribution in [-0.4, -0.2) is 42.3 Å². The zero-order chi connectivity index (χ0) is 18.0. The van der Waals surface area contributed by atoms with Gasteiger partial charge in [-0.05, 0) is 78.1 Å². The van der Waals surface area contributed by atoms with Gasteiger partial charge in [0.1, 0.15) is 0 Å². The van der Waals surface area contributed by atoms with Gasteiger partial charge in [-0.2, -0.15) is 0 Å². The van der Waals surface area contributed by atoms with Crippen molar-refractivity contribution in [1.29, 1.82) is 0 Å². The van der Waals surface area contributed by atoms with Crippen molar-refractivity contribution in [1.82, 2.24) is 0 Å². The SMILES string of the molecule is CC[Si](C)(C)O[Si](C)(C)O[Si](C)(C)O[Si](C)(C)O[Si](C)(C)C. The summed E-state index contributed by atoms with van der Waals surface area (Å²) in [6.45, 7) is 26.1. The highest BCUT2D eigenvalue weighted by Gasteiger charge is 2.44. The average Bonchev–Trinajstić information content (AvgIpc) is 2.06. The summed E-state index contributed by atoms with van der Waals surface area (Å²) in [5.74, 6) is 0. The maximum absolute atomic E-state index is 6.45. The lowest BCUT2D eigenvalue weighted by Crippen LogP contribution is -2.58. The van der Waals surface area contributed by atoms with Crippen LogP contribution in [0.1, 0.15) is 6.92 Å². The highest BCUT2D eigenvalue weighted by molar-refractivity contribution is 6.90. The van der Waals surface area contributed by atoms with Gasteiger partial charge in [0.15, 0.2) is 16.6 Å². The van der Waals surface area contributed by atoms with Crippen molar-refractivity contribution in [3.63, 3.8) is 0 Å². The Bertz CT molecular complexity index is 364. The summed E-state index contributed by atoms with van der Waals surface area (Å²) in [5.41, 5.74) is 0. The molecule has 9 heteroatoms. The molecule has 0 aliphatic heterocycles. The minimum absolute atomic E-state index is 1.11. The van der Waals surface area contributed by atoms with E-state index in [9.17, 15) is 0 Å². The third kappa shape index (κ3) is 10.7. The van der Waals surface area contributed by atoms with Gasteiger partial charge in [0.25, 0.3) is 0 Å². The number of hydrogen-bond donors (Lipinski definition) is 0. The smallest absolute Gasteiger partial charge is 0.314 e. The highest BCUT2D eigenvalue weighted by Crippen LogP contribution is 2.26. The second-order valence-electron chi connectivity index (χ2n) is 8.83. The van der Waals surface area contributed by atoms with Crippen LogP contribution in [0.4, 0.5) is 0 Å². The maximum atomic E-state index is 6.45. The molecule has 0 fully saturated rings. The van der Waals surface area contributed by atoms with E-state index >= 15 is 0 Å². The van der Waals surface area contributed by atoms with Gasteiger partial charge in [-0.3, -0.25) is 0 Å². The normalized spacial score (nSPS) is 15.3. The van der Waals surface area contributed by atoms with Crippen LogP contribution < -0.4 is 0 Å². The van der Waals surface area contributed by atoms with Crippen LogP contribution in [0, 0.1) is 0 Å². The fourth-order valence-corrected chi connectivity index (χ4v) is 25.6. The summed E-state index contributed by atoms with van der Waals surface area (Å²) in [7, 11) is -9.83. The minimum atomic E-state index is -2.27. The zero-order valence-corrected chi connectivity index (χ0v) is 21.8. The van der Waals surface area contributed by atoms with Crippen molar-refractivity contribution in [2.24, 2.45) is 0 Å². The van der Waals surface area contributed by atoms with Crippen molar-refractivity contribution >= 4 is 42.3 Å². The molecule has 22 heavy (non-hydrogen) atoms. The van der Waals surface area contributed by atoms with Crippen LogP contribution in [0.15, 0.2) is 0 Å². The Morgan fingerprint density at radius 3 is 1.14 bits per heavy atom. The van der Waals surface area contributed by atoms with Gasteiger partial charge in [-0.15, -0.1) is 0 Å². The van der Waals surface area contributed by atoms with E-state index in [-0.39, 0.29) is 0 Å². The molecule has 0 amide bonds. The van der Waals surface area contributed by atoms with E-state index in [0.29, 0.717) is 0 Å². The molecule has 0 spiro atoms. The second-order valence-corrected chi connectivity index (χ2v) is 28.9. The Morgan fingerprint density at radius 2 is 0.818 bits per heavy atom. The maximum Gasteiger partial charge on any atom is 0.314 e. The molecule has 0 aromatic heterocycles. The Morgan fingerprint density at radius 1 is 0.500 bits per heavy atom. The summed E-state index contributed by atoms with van der Waals surface area (Å²) in [5, 5.41) is 0. The summed E-state index contributed by atoms with van der Waals surface area (Å²) in [4.78, 5) is 0. The highest BCUT2D eigenvalue weighted by atomic mass is 28.5. The van der Waals surface area contributed by atoms with Crippen molar-refractivity contribution in [2.45, 2.75) is 85.0 Å². The van der Waals surface area contributed by atoms with Crippen LogP contribution in [0.5, 0.6) is 0 Å². The molecule has 0 atom stereocenters. The molecule has 0 bridgehead atoms. The molecule has 0 aliphatic carbocycles. The van der Waals surface area contributed by atoms with Crippen molar-refractivity contribution in [3.05, 3.63) is 0 Å². The topological polar surface area (TPSA) is 36.9 Å². The molecule has 0 aromatic rings. The van der Waals surface area contributed by atoms with Crippen molar-refractivity contribution in [2.75, 3.05) is 0 Å². The Balaban J connectivity index is 4.88. The summed E-state index contributed by atoms with van der Waals surface area (Å²) in [6.07, 6.45) is 0. The van der Waals surface area contributed by atoms with Gasteiger partial charge >= 0.3 is 25.7 Å². The van der Waals surface area contributed by atoms with Crippen molar-refractivity contribution < 1.29 is 16.5 Å². The summed E-state index contributed by atoms with van der Waals surface area (Å²) in [6, 6.07) is 1.11. The molecule has 0 aromatic carbocycles. The lowest BCUT2D eigenvalue weighted by Gasteiger charge is -2.41. The molecule has 0 rings (SSSR count). The van der Waals surface area contributed by atoms with Gasteiger partial charge in [0.2, 0.25) is 0 Å². The van der Waals surface area contributed by atoms with Crippen LogP contribution in [0.25, 0.3) is 0 Å². The monoisotopic (exact) mass is 398 g/mol. The Kier molecular flexibility index (Phi) is 7.75. The molecule has 0 radical (unpaired) electrons. The predicted octanol–water partition coefficient (Wildman–Crippen LogP) is 5.22. The average molecular weight is 399 g/mol. The van der Waals surface area contributed by atoms with Gasteiger partial charge in [-0.25, -0.2) is 0 Å². The van der Waals surface area contributed by atoms with Crippen LogP contribution in [0.2, 0.25) is 78.1 Å². The third-order valence-corrected chi connectivity index (χ3v) is 21.1. The van der Waals surface area contributed by atoms with Crippen LogP contribution in [-0.2, 0) is 16.5 Å². The first kappa shape index (κ1) is 22.9. The van der Waals surface area contributed by atoms with E-state index < -0.39 is 42.3 Å². The zero-order valence-electron chi connectivity index (χ0n) is 16.8. The Labute approximate surface area is 143 Å². The molecule has 0 saturated heterocycles. The molecule has 4 nitrogen and oxygen atoms in total. The second kappa shape index (κ2) is 7.44. The van der Waals surface area contributed by atoms with Gasteiger partial charge < -0.3 is 16.5 Å². The molecule has 0 saturated carbocycles. The molecule has 0 N–H and O–H groups in total. The standard InChI is InChI=1S/C13H38O4Si5/c1-13-19(5,6)15-21(9,10)17-22(11,12)16-20(7,8)14-18(2,3)4/h13H2,1-12H3. The molecular formula is C13H38O4Si5. The first-order chi connectivity index (χ1) is 9.39. The van der Waals surface area contributed by atoms with E-state index in [2.05, 4.69) is 78.9 Å². The largest absolute Gasteiger partial charge is 0.437 e.